The Hall–Kier alpha value is -1.27. The Bertz CT molecular complexity index is 439. The van der Waals surface area contributed by atoms with E-state index in [0.717, 1.165) is 11.5 Å². The number of anilines is 2. The van der Waals surface area contributed by atoms with E-state index in [1.165, 1.54) is 16.4 Å². The van der Waals surface area contributed by atoms with Crippen LogP contribution in [0, 0.1) is 0 Å². The number of nitrogens with two attached hydrogens (primary N) is 1. The van der Waals surface area contributed by atoms with Crippen molar-refractivity contribution in [3.8, 4) is 5.75 Å². The van der Waals surface area contributed by atoms with Crippen molar-refractivity contribution in [3.05, 3.63) is 22.4 Å². The summed E-state index contributed by atoms with van der Waals surface area (Å²) in [6.45, 7) is 3.30. The van der Waals surface area contributed by atoms with Crippen molar-refractivity contribution < 1.29 is 4.74 Å². The number of nitrogen functional groups attached to an aromatic ring is 1. The maximum atomic E-state index is 5.71. The smallest absolute Gasteiger partial charge is 0.197 e. The Balaban J connectivity index is 2.03. The first-order valence-corrected chi connectivity index (χ1v) is 6.60. The van der Waals surface area contributed by atoms with Gasteiger partial charge in [0.05, 0.1) is 13.2 Å². The Morgan fingerprint density at radius 3 is 3.12 bits per heavy atom. The zero-order valence-electron chi connectivity index (χ0n) is 8.90. The SMILES string of the molecule is CCOc1c(N)nsc1NCc1cccs1. The van der Waals surface area contributed by atoms with Crippen molar-refractivity contribution in [1.29, 1.82) is 0 Å². The second-order valence-corrected chi connectivity index (χ2v) is 4.90. The molecule has 0 unspecified atom stereocenters. The van der Waals surface area contributed by atoms with Crippen molar-refractivity contribution in [2.24, 2.45) is 0 Å². The van der Waals surface area contributed by atoms with Gasteiger partial charge in [-0.15, -0.1) is 11.3 Å². The number of hydrogen-bond acceptors (Lipinski definition) is 6. The van der Waals surface area contributed by atoms with E-state index in [1.807, 2.05) is 13.0 Å². The average molecular weight is 255 g/mol. The van der Waals surface area contributed by atoms with Crippen molar-refractivity contribution in [2.75, 3.05) is 17.7 Å². The number of rotatable bonds is 5. The fraction of sp³-hybridized carbons (Fsp3) is 0.300. The van der Waals surface area contributed by atoms with Gasteiger partial charge in [0.2, 0.25) is 0 Å². The van der Waals surface area contributed by atoms with Crippen LogP contribution in [0.3, 0.4) is 0 Å². The third-order valence-corrected chi connectivity index (χ3v) is 3.64. The molecule has 0 bridgehead atoms. The molecule has 0 spiro atoms. The fourth-order valence-corrected chi connectivity index (χ4v) is 2.57. The lowest BCUT2D eigenvalue weighted by molar-refractivity contribution is 0.344. The third kappa shape index (κ3) is 2.45. The van der Waals surface area contributed by atoms with E-state index in [9.17, 15) is 0 Å². The average Bonchev–Trinajstić information content (AvgIpc) is 2.89. The van der Waals surface area contributed by atoms with E-state index in [-0.39, 0.29) is 0 Å². The molecule has 3 N–H and O–H groups in total. The lowest BCUT2D eigenvalue weighted by Gasteiger charge is -2.06. The van der Waals surface area contributed by atoms with Crippen molar-refractivity contribution in [2.45, 2.75) is 13.5 Å². The van der Waals surface area contributed by atoms with E-state index >= 15 is 0 Å². The molecule has 6 heteroatoms. The zero-order valence-corrected chi connectivity index (χ0v) is 10.5. The lowest BCUT2D eigenvalue weighted by Crippen LogP contribution is -2.00. The van der Waals surface area contributed by atoms with Gasteiger partial charge >= 0.3 is 0 Å². The number of nitrogens with one attached hydrogen (secondary N) is 1. The summed E-state index contributed by atoms with van der Waals surface area (Å²) in [5.41, 5.74) is 5.71. The highest BCUT2D eigenvalue weighted by Gasteiger charge is 2.12. The molecule has 86 valence electrons. The van der Waals surface area contributed by atoms with Gasteiger partial charge in [-0.2, -0.15) is 4.37 Å². The predicted octanol–water partition coefficient (Wildman–Crippen LogP) is 2.80. The van der Waals surface area contributed by atoms with Crippen LogP contribution in [0.25, 0.3) is 0 Å². The Labute approximate surface area is 102 Å². The van der Waals surface area contributed by atoms with E-state index in [0.29, 0.717) is 18.2 Å². The van der Waals surface area contributed by atoms with Crippen molar-refractivity contribution in [1.82, 2.24) is 4.37 Å². The maximum Gasteiger partial charge on any atom is 0.197 e. The molecular weight excluding hydrogens is 242 g/mol. The minimum absolute atomic E-state index is 0.459. The summed E-state index contributed by atoms with van der Waals surface area (Å²) in [4.78, 5) is 1.27. The molecular formula is C10H13N3OS2. The standard InChI is InChI=1S/C10H13N3OS2/c1-2-14-8-9(11)13-16-10(8)12-6-7-4-3-5-15-7/h3-5,12H,2,6H2,1H3,(H2,11,13). The molecule has 0 aliphatic rings. The van der Waals surface area contributed by atoms with Crippen LogP contribution in [-0.2, 0) is 6.54 Å². The topological polar surface area (TPSA) is 60.2 Å². The van der Waals surface area contributed by atoms with Crippen molar-refractivity contribution in [3.63, 3.8) is 0 Å². The Morgan fingerprint density at radius 2 is 2.44 bits per heavy atom. The molecule has 4 nitrogen and oxygen atoms in total. The van der Waals surface area contributed by atoms with Gasteiger partial charge in [0.25, 0.3) is 0 Å². The molecule has 2 aromatic heterocycles. The van der Waals surface area contributed by atoms with E-state index in [4.69, 9.17) is 10.5 Å². The van der Waals surface area contributed by atoms with Gasteiger partial charge in [0.15, 0.2) is 16.6 Å². The quantitative estimate of drug-likeness (QED) is 0.862. The van der Waals surface area contributed by atoms with E-state index in [1.54, 1.807) is 11.3 Å². The Morgan fingerprint density at radius 1 is 1.56 bits per heavy atom. The summed E-state index contributed by atoms with van der Waals surface area (Å²) in [7, 11) is 0. The molecule has 0 amide bonds. The zero-order chi connectivity index (χ0) is 11.4. The van der Waals surface area contributed by atoms with Gasteiger partial charge in [-0.1, -0.05) is 6.07 Å². The normalized spacial score (nSPS) is 10.3. The summed E-state index contributed by atoms with van der Waals surface area (Å²) >= 11 is 3.05. The minimum Gasteiger partial charge on any atom is -0.487 e. The molecule has 2 heterocycles. The lowest BCUT2D eigenvalue weighted by atomic mass is 10.4. The third-order valence-electron chi connectivity index (χ3n) is 1.97. The van der Waals surface area contributed by atoms with Crippen LogP contribution in [0.2, 0.25) is 0 Å². The van der Waals surface area contributed by atoms with E-state index < -0.39 is 0 Å². The molecule has 2 rings (SSSR count). The van der Waals surface area contributed by atoms with Crippen LogP contribution in [0.5, 0.6) is 5.75 Å². The van der Waals surface area contributed by atoms with Gasteiger partial charge in [0, 0.05) is 4.88 Å². The van der Waals surface area contributed by atoms with E-state index in [2.05, 4.69) is 21.1 Å². The Kier molecular flexibility index (Phi) is 3.63. The molecule has 2 aromatic rings. The molecule has 0 aliphatic heterocycles. The first-order chi connectivity index (χ1) is 7.81. The molecule has 0 aliphatic carbocycles. The summed E-state index contributed by atoms with van der Waals surface area (Å²) in [6, 6.07) is 4.12. The number of hydrogen-bond donors (Lipinski definition) is 2. The molecule has 0 saturated heterocycles. The summed E-state index contributed by atoms with van der Waals surface area (Å²) in [6.07, 6.45) is 0. The van der Waals surface area contributed by atoms with Crippen LogP contribution in [-0.4, -0.2) is 11.0 Å². The largest absolute Gasteiger partial charge is 0.487 e. The van der Waals surface area contributed by atoms with Crippen LogP contribution in [0.1, 0.15) is 11.8 Å². The molecule has 0 saturated carbocycles. The molecule has 0 atom stereocenters. The summed E-state index contributed by atoms with van der Waals surface area (Å²) in [5.74, 6) is 1.13. The maximum absolute atomic E-state index is 5.71. The second-order valence-electron chi connectivity index (χ2n) is 3.09. The van der Waals surface area contributed by atoms with Crippen LogP contribution in [0.15, 0.2) is 17.5 Å². The highest BCUT2D eigenvalue weighted by molar-refractivity contribution is 7.11. The monoisotopic (exact) mass is 255 g/mol. The number of nitrogens with zero attached hydrogens (tertiary/aromatic N) is 1. The number of thiophene rings is 1. The molecule has 0 aromatic carbocycles. The molecule has 0 radical (unpaired) electrons. The van der Waals surface area contributed by atoms with Gasteiger partial charge in [-0.25, -0.2) is 0 Å². The van der Waals surface area contributed by atoms with Gasteiger partial charge in [-0.3, -0.25) is 0 Å². The summed E-state index contributed by atoms with van der Waals surface area (Å²) < 4.78 is 9.51. The van der Waals surface area contributed by atoms with Crippen LogP contribution < -0.4 is 15.8 Å². The van der Waals surface area contributed by atoms with Gasteiger partial charge in [-0.05, 0) is 29.9 Å². The molecule has 0 fully saturated rings. The predicted molar refractivity (Wildman–Crippen MR) is 69.3 cm³/mol. The minimum atomic E-state index is 0.459. The summed E-state index contributed by atoms with van der Waals surface area (Å²) in [5, 5.41) is 6.24. The highest BCUT2D eigenvalue weighted by Crippen LogP contribution is 2.35. The first-order valence-electron chi connectivity index (χ1n) is 4.95. The number of aromatic nitrogens is 1. The molecule has 16 heavy (non-hydrogen) atoms. The highest BCUT2D eigenvalue weighted by atomic mass is 32.1. The van der Waals surface area contributed by atoms with Gasteiger partial charge in [0.1, 0.15) is 0 Å². The van der Waals surface area contributed by atoms with Crippen molar-refractivity contribution >= 4 is 33.7 Å². The van der Waals surface area contributed by atoms with Gasteiger partial charge < -0.3 is 15.8 Å². The first kappa shape index (κ1) is 11.2. The van der Waals surface area contributed by atoms with Crippen LogP contribution >= 0.6 is 22.9 Å². The van der Waals surface area contributed by atoms with Crippen LogP contribution in [0.4, 0.5) is 10.8 Å². The fourth-order valence-electron chi connectivity index (χ4n) is 1.27. The second kappa shape index (κ2) is 5.18. The number of ether oxygens (including phenoxy) is 1.